The van der Waals surface area contributed by atoms with Crippen LogP contribution in [-0.2, 0) is 0 Å². The monoisotopic (exact) mass is 283 g/mol. The van der Waals surface area contributed by atoms with Crippen LogP contribution in [0.3, 0.4) is 0 Å². The first-order valence-electron chi connectivity index (χ1n) is 7.51. The van der Waals surface area contributed by atoms with E-state index >= 15 is 0 Å². The van der Waals surface area contributed by atoms with Crippen molar-refractivity contribution in [2.75, 3.05) is 0 Å². The summed E-state index contributed by atoms with van der Waals surface area (Å²) in [6.07, 6.45) is 11.0. The van der Waals surface area contributed by atoms with Crippen LogP contribution in [0.25, 0.3) is 0 Å². The predicted octanol–water partition coefficient (Wildman–Crippen LogP) is 2.61. The largest absolute Gasteiger partial charge is 0.391 e. The van der Waals surface area contributed by atoms with Gasteiger partial charge < -0.3 is 16.4 Å². The molecule has 2 aliphatic carbocycles. The summed E-state index contributed by atoms with van der Waals surface area (Å²) < 4.78 is 0. The first-order valence-corrected chi connectivity index (χ1v) is 7.92. The molecule has 2 rings (SSSR count). The molecule has 0 unspecified atom stereocenters. The van der Waals surface area contributed by atoms with Gasteiger partial charge in [-0.3, -0.25) is 0 Å². The Labute approximate surface area is 120 Å². The Balaban J connectivity index is 1.95. The van der Waals surface area contributed by atoms with E-state index in [1.165, 1.54) is 25.7 Å². The van der Waals surface area contributed by atoms with E-state index in [4.69, 9.17) is 18.0 Å². The second-order valence-electron chi connectivity index (χ2n) is 5.94. The van der Waals surface area contributed by atoms with Crippen molar-refractivity contribution in [3.8, 4) is 0 Å². The summed E-state index contributed by atoms with van der Waals surface area (Å²) in [5, 5.41) is 6.10. The van der Waals surface area contributed by atoms with E-state index in [2.05, 4.69) is 10.6 Å². The van der Waals surface area contributed by atoms with Crippen molar-refractivity contribution in [2.45, 2.75) is 75.8 Å². The SMILES string of the molecule is NC(=S)C1(NC(=O)NC2CCC2)CCCCCCC1. The summed E-state index contributed by atoms with van der Waals surface area (Å²) in [6, 6.07) is 0.245. The molecule has 0 saturated heterocycles. The van der Waals surface area contributed by atoms with Gasteiger partial charge in [0.1, 0.15) is 0 Å². The second kappa shape index (κ2) is 6.55. The van der Waals surface area contributed by atoms with Crippen LogP contribution in [0.5, 0.6) is 0 Å². The van der Waals surface area contributed by atoms with E-state index < -0.39 is 5.54 Å². The molecular weight excluding hydrogens is 258 g/mol. The molecule has 2 saturated carbocycles. The van der Waals surface area contributed by atoms with Gasteiger partial charge >= 0.3 is 6.03 Å². The van der Waals surface area contributed by atoms with E-state index in [1.807, 2.05) is 0 Å². The van der Waals surface area contributed by atoms with Gasteiger partial charge in [0.2, 0.25) is 0 Å². The normalized spacial score (nSPS) is 23.6. The number of hydrogen-bond donors (Lipinski definition) is 3. The van der Waals surface area contributed by atoms with Crippen molar-refractivity contribution >= 4 is 23.2 Å². The zero-order valence-electron chi connectivity index (χ0n) is 11.5. The highest BCUT2D eigenvalue weighted by Crippen LogP contribution is 2.27. The van der Waals surface area contributed by atoms with Gasteiger partial charge in [-0.25, -0.2) is 4.79 Å². The molecule has 2 aliphatic rings. The third-order valence-electron chi connectivity index (χ3n) is 4.47. The predicted molar refractivity (Wildman–Crippen MR) is 81.1 cm³/mol. The zero-order valence-corrected chi connectivity index (χ0v) is 12.4. The lowest BCUT2D eigenvalue weighted by atomic mass is 9.84. The van der Waals surface area contributed by atoms with Crippen LogP contribution in [-0.4, -0.2) is 22.6 Å². The molecule has 2 fully saturated rings. The van der Waals surface area contributed by atoms with Crippen LogP contribution in [0.15, 0.2) is 0 Å². The number of nitrogens with one attached hydrogen (secondary N) is 2. The maximum absolute atomic E-state index is 12.1. The molecule has 0 atom stereocenters. The topological polar surface area (TPSA) is 67.1 Å². The van der Waals surface area contributed by atoms with Gasteiger partial charge in [0.05, 0.1) is 10.5 Å². The third kappa shape index (κ3) is 3.81. The number of urea groups is 1. The number of thiocarbonyl (C=S) groups is 1. The van der Waals surface area contributed by atoms with Gasteiger partial charge in [0.15, 0.2) is 0 Å². The molecule has 0 aromatic heterocycles. The Bertz CT molecular complexity index is 334. The Morgan fingerprint density at radius 1 is 1.05 bits per heavy atom. The number of amides is 2. The molecule has 0 heterocycles. The van der Waals surface area contributed by atoms with Gasteiger partial charge in [-0.1, -0.05) is 44.3 Å². The van der Waals surface area contributed by atoms with Gasteiger partial charge in [0.25, 0.3) is 0 Å². The van der Waals surface area contributed by atoms with Crippen LogP contribution < -0.4 is 16.4 Å². The highest BCUT2D eigenvalue weighted by molar-refractivity contribution is 7.80. The number of rotatable bonds is 3. The molecular formula is C14H25N3OS. The van der Waals surface area contributed by atoms with Crippen molar-refractivity contribution in [1.82, 2.24) is 10.6 Å². The third-order valence-corrected chi connectivity index (χ3v) is 4.86. The van der Waals surface area contributed by atoms with E-state index in [9.17, 15) is 4.79 Å². The van der Waals surface area contributed by atoms with Crippen LogP contribution in [0.1, 0.15) is 64.2 Å². The smallest absolute Gasteiger partial charge is 0.315 e. The van der Waals surface area contributed by atoms with Crippen molar-refractivity contribution in [3.63, 3.8) is 0 Å². The minimum atomic E-state index is -0.469. The van der Waals surface area contributed by atoms with Crippen molar-refractivity contribution in [1.29, 1.82) is 0 Å². The molecule has 0 aliphatic heterocycles. The molecule has 108 valence electrons. The Hall–Kier alpha value is -0.840. The zero-order chi connectivity index (χ0) is 13.7. The van der Waals surface area contributed by atoms with E-state index in [-0.39, 0.29) is 6.03 Å². The minimum absolute atomic E-state index is 0.0990. The van der Waals surface area contributed by atoms with Crippen LogP contribution >= 0.6 is 12.2 Å². The molecule has 4 nitrogen and oxygen atoms in total. The maximum atomic E-state index is 12.1. The van der Waals surface area contributed by atoms with E-state index in [0.29, 0.717) is 11.0 Å². The Morgan fingerprint density at radius 2 is 1.63 bits per heavy atom. The molecule has 4 N–H and O–H groups in total. The molecule has 0 spiro atoms. The Morgan fingerprint density at radius 3 is 2.11 bits per heavy atom. The summed E-state index contributed by atoms with van der Waals surface area (Å²) in [4.78, 5) is 12.5. The molecule has 0 aromatic carbocycles. The lowest BCUT2D eigenvalue weighted by Gasteiger charge is -2.36. The molecule has 0 radical (unpaired) electrons. The van der Waals surface area contributed by atoms with Crippen molar-refractivity contribution < 1.29 is 4.79 Å². The quantitative estimate of drug-likeness (QED) is 0.697. The summed E-state index contributed by atoms with van der Waals surface area (Å²) >= 11 is 5.24. The first-order chi connectivity index (χ1) is 9.12. The summed E-state index contributed by atoms with van der Waals surface area (Å²) in [6.45, 7) is 0. The van der Waals surface area contributed by atoms with Crippen LogP contribution in [0.4, 0.5) is 4.79 Å². The van der Waals surface area contributed by atoms with E-state index in [0.717, 1.165) is 38.5 Å². The summed E-state index contributed by atoms with van der Waals surface area (Å²) in [7, 11) is 0. The fraction of sp³-hybridized carbons (Fsp3) is 0.857. The summed E-state index contributed by atoms with van der Waals surface area (Å²) in [5.74, 6) is 0. The number of hydrogen-bond acceptors (Lipinski definition) is 2. The molecule has 19 heavy (non-hydrogen) atoms. The average molecular weight is 283 g/mol. The van der Waals surface area contributed by atoms with Crippen molar-refractivity contribution in [3.05, 3.63) is 0 Å². The van der Waals surface area contributed by atoms with Crippen LogP contribution in [0.2, 0.25) is 0 Å². The minimum Gasteiger partial charge on any atom is -0.391 e. The molecule has 0 bridgehead atoms. The van der Waals surface area contributed by atoms with Crippen molar-refractivity contribution in [2.24, 2.45) is 5.73 Å². The lowest BCUT2D eigenvalue weighted by molar-refractivity contribution is 0.216. The fourth-order valence-corrected chi connectivity index (χ4v) is 3.19. The maximum Gasteiger partial charge on any atom is 0.315 e. The standard InChI is InChI=1S/C14H25N3OS/c15-12(19)14(9-4-2-1-3-5-10-14)17-13(18)16-11-7-6-8-11/h11H,1-10H2,(H2,15,19)(H2,16,17,18). The first kappa shape index (κ1) is 14.6. The number of nitrogens with two attached hydrogens (primary N) is 1. The van der Waals surface area contributed by atoms with Gasteiger partial charge in [-0.05, 0) is 32.1 Å². The van der Waals surface area contributed by atoms with Gasteiger partial charge in [0, 0.05) is 6.04 Å². The average Bonchev–Trinajstić information content (AvgIpc) is 2.27. The highest BCUT2D eigenvalue weighted by atomic mass is 32.1. The lowest BCUT2D eigenvalue weighted by Crippen LogP contribution is -2.60. The highest BCUT2D eigenvalue weighted by Gasteiger charge is 2.35. The number of carbonyl (C=O) groups is 1. The van der Waals surface area contributed by atoms with E-state index in [1.54, 1.807) is 0 Å². The summed E-state index contributed by atoms with van der Waals surface area (Å²) in [5.41, 5.74) is 5.47. The van der Waals surface area contributed by atoms with Gasteiger partial charge in [-0.15, -0.1) is 0 Å². The van der Waals surface area contributed by atoms with Crippen LogP contribution in [0, 0.1) is 0 Å². The molecule has 0 aromatic rings. The van der Waals surface area contributed by atoms with Gasteiger partial charge in [-0.2, -0.15) is 0 Å². The fourth-order valence-electron chi connectivity index (χ4n) is 2.93. The molecule has 2 amide bonds. The molecule has 5 heteroatoms. The second-order valence-corrected chi connectivity index (χ2v) is 6.38. The Kier molecular flexibility index (Phi) is 5.02. The number of carbonyl (C=O) groups excluding carboxylic acids is 1.